The molecule has 0 atom stereocenters. The number of hydrazine groups is 1. The largest absolute Gasteiger partial charge is 0.466 e. The molecule has 0 aliphatic rings. The number of carbonyl (C=O) groups excluding carboxylic acids is 2. The molecule has 2 amide bonds. The summed E-state index contributed by atoms with van der Waals surface area (Å²) in [6.45, 7) is 5.15. The van der Waals surface area contributed by atoms with Crippen LogP contribution in [0.25, 0.3) is 0 Å². The minimum Gasteiger partial charge on any atom is -0.466 e. The number of nitrogens with one attached hydrogen (secondary N) is 2. The fourth-order valence-corrected chi connectivity index (χ4v) is 3.33. The zero-order valence-corrected chi connectivity index (χ0v) is 16.0. The van der Waals surface area contributed by atoms with E-state index in [2.05, 4.69) is 10.9 Å². The molecule has 1 aromatic heterocycles. The van der Waals surface area contributed by atoms with Crippen LogP contribution in [0.2, 0.25) is 0 Å². The highest BCUT2D eigenvalue weighted by Crippen LogP contribution is 2.20. The molecule has 0 unspecified atom stereocenters. The Morgan fingerprint density at radius 2 is 1.62 bits per heavy atom. The van der Waals surface area contributed by atoms with E-state index in [-0.39, 0.29) is 10.5 Å². The average molecular weight is 379 g/mol. The van der Waals surface area contributed by atoms with Crippen molar-refractivity contribution in [3.63, 3.8) is 0 Å². The summed E-state index contributed by atoms with van der Waals surface area (Å²) in [4.78, 5) is 24.5. The minimum absolute atomic E-state index is 0.0152. The molecule has 0 spiro atoms. The summed E-state index contributed by atoms with van der Waals surface area (Å²) in [5, 5.41) is 0. The number of aryl methyl sites for hydroxylation is 2. The molecule has 1 aromatic carbocycles. The highest BCUT2D eigenvalue weighted by Gasteiger charge is 2.21. The molecule has 0 aliphatic heterocycles. The van der Waals surface area contributed by atoms with E-state index in [1.54, 1.807) is 20.8 Å². The summed E-state index contributed by atoms with van der Waals surface area (Å²) < 4.78 is 30.7. The van der Waals surface area contributed by atoms with Crippen LogP contribution in [-0.4, -0.2) is 38.6 Å². The molecule has 2 aromatic rings. The number of sulfonamides is 1. The Kier molecular flexibility index (Phi) is 5.53. The third-order valence-electron chi connectivity index (χ3n) is 3.95. The number of hydrogen-bond acceptors (Lipinski definition) is 5. The van der Waals surface area contributed by atoms with E-state index in [1.165, 1.54) is 38.4 Å². The molecule has 0 radical (unpaired) electrons. The van der Waals surface area contributed by atoms with Crippen molar-refractivity contribution in [3.05, 3.63) is 52.5 Å². The van der Waals surface area contributed by atoms with Crippen LogP contribution in [0, 0.1) is 20.8 Å². The van der Waals surface area contributed by atoms with Crippen LogP contribution in [0.15, 0.2) is 33.6 Å². The molecular formula is C17H21N3O5S. The third kappa shape index (κ3) is 3.78. The first-order valence-corrected chi connectivity index (χ1v) is 9.19. The first-order valence-electron chi connectivity index (χ1n) is 7.75. The predicted molar refractivity (Wildman–Crippen MR) is 95.2 cm³/mol. The van der Waals surface area contributed by atoms with Gasteiger partial charge in [-0.1, -0.05) is 6.07 Å². The summed E-state index contributed by atoms with van der Waals surface area (Å²) in [5.74, 6) is -0.0710. The first kappa shape index (κ1) is 19.7. The van der Waals surface area contributed by atoms with Gasteiger partial charge in [0.1, 0.15) is 11.5 Å². The highest BCUT2D eigenvalue weighted by atomic mass is 32.2. The maximum Gasteiger partial charge on any atom is 0.273 e. The molecule has 26 heavy (non-hydrogen) atoms. The van der Waals surface area contributed by atoms with Crippen molar-refractivity contribution in [2.24, 2.45) is 0 Å². The number of benzene rings is 1. The molecule has 0 saturated heterocycles. The number of amides is 2. The molecule has 8 nitrogen and oxygen atoms in total. The quantitative estimate of drug-likeness (QED) is 0.783. The zero-order valence-electron chi connectivity index (χ0n) is 15.2. The Morgan fingerprint density at radius 3 is 2.15 bits per heavy atom. The summed E-state index contributed by atoms with van der Waals surface area (Å²) in [7, 11) is -0.857. The van der Waals surface area contributed by atoms with E-state index in [9.17, 15) is 18.0 Å². The molecule has 0 bridgehead atoms. The van der Waals surface area contributed by atoms with Crippen LogP contribution in [0.3, 0.4) is 0 Å². The van der Waals surface area contributed by atoms with Crippen molar-refractivity contribution >= 4 is 21.8 Å². The number of nitrogens with zero attached hydrogens (tertiary/aromatic N) is 1. The van der Waals surface area contributed by atoms with Gasteiger partial charge in [-0.15, -0.1) is 0 Å². The molecule has 2 rings (SSSR count). The summed E-state index contributed by atoms with van der Waals surface area (Å²) in [5.41, 5.74) is 5.74. The Balaban J connectivity index is 2.15. The van der Waals surface area contributed by atoms with Gasteiger partial charge >= 0.3 is 0 Å². The van der Waals surface area contributed by atoms with Gasteiger partial charge in [0.15, 0.2) is 0 Å². The van der Waals surface area contributed by atoms with Crippen LogP contribution in [0.5, 0.6) is 0 Å². The van der Waals surface area contributed by atoms with Crippen molar-refractivity contribution in [3.8, 4) is 0 Å². The Labute approximate surface area is 152 Å². The summed E-state index contributed by atoms with van der Waals surface area (Å²) in [6.07, 6.45) is 0. The second-order valence-electron chi connectivity index (χ2n) is 5.94. The molecule has 9 heteroatoms. The third-order valence-corrected chi connectivity index (χ3v) is 5.76. The van der Waals surface area contributed by atoms with Crippen molar-refractivity contribution in [2.45, 2.75) is 25.7 Å². The van der Waals surface area contributed by atoms with Crippen molar-refractivity contribution < 1.29 is 22.4 Å². The van der Waals surface area contributed by atoms with Gasteiger partial charge in [0, 0.05) is 25.2 Å². The number of carbonyl (C=O) groups is 2. The molecule has 0 saturated carbocycles. The van der Waals surface area contributed by atoms with E-state index in [0.717, 1.165) is 4.31 Å². The zero-order chi connectivity index (χ0) is 19.6. The number of furan rings is 1. The minimum atomic E-state index is -3.66. The maximum absolute atomic E-state index is 12.3. The monoisotopic (exact) mass is 379 g/mol. The molecule has 1 heterocycles. The van der Waals surface area contributed by atoms with E-state index in [0.29, 0.717) is 22.6 Å². The van der Waals surface area contributed by atoms with Gasteiger partial charge in [0.05, 0.1) is 10.5 Å². The predicted octanol–water partition coefficient (Wildman–Crippen LogP) is 1.53. The highest BCUT2D eigenvalue weighted by molar-refractivity contribution is 7.89. The lowest BCUT2D eigenvalue weighted by Gasteiger charge is -2.12. The van der Waals surface area contributed by atoms with Gasteiger partial charge in [-0.05, 0) is 39.0 Å². The lowest BCUT2D eigenvalue weighted by atomic mass is 10.1. The SMILES string of the molecule is Cc1oc(C)c(C(=O)NNC(=O)c2cccc(S(=O)(=O)N(C)C)c2)c1C. The Morgan fingerprint density at radius 1 is 1.00 bits per heavy atom. The van der Waals surface area contributed by atoms with Crippen LogP contribution >= 0.6 is 0 Å². The fourth-order valence-electron chi connectivity index (χ4n) is 2.38. The molecule has 140 valence electrons. The van der Waals surface area contributed by atoms with Crippen molar-refractivity contribution in [1.82, 2.24) is 15.2 Å². The second-order valence-corrected chi connectivity index (χ2v) is 8.09. The van der Waals surface area contributed by atoms with E-state index >= 15 is 0 Å². The second kappa shape index (κ2) is 7.30. The maximum atomic E-state index is 12.3. The van der Waals surface area contributed by atoms with Gasteiger partial charge < -0.3 is 4.42 Å². The van der Waals surface area contributed by atoms with Gasteiger partial charge in [0.25, 0.3) is 11.8 Å². The number of hydrogen-bond donors (Lipinski definition) is 2. The fraction of sp³-hybridized carbons (Fsp3) is 0.294. The standard InChI is InChI=1S/C17H21N3O5S/c1-10-11(2)25-12(3)15(10)17(22)19-18-16(21)13-7-6-8-14(9-13)26(23,24)20(4)5/h6-9H,1-5H3,(H,18,21)(H,19,22). The van der Waals surface area contributed by atoms with Crippen LogP contribution in [0.4, 0.5) is 0 Å². The summed E-state index contributed by atoms with van der Waals surface area (Å²) >= 11 is 0. The topological polar surface area (TPSA) is 109 Å². The lowest BCUT2D eigenvalue weighted by Crippen LogP contribution is -2.42. The average Bonchev–Trinajstić information content (AvgIpc) is 2.84. The van der Waals surface area contributed by atoms with Crippen LogP contribution in [0.1, 0.15) is 37.8 Å². The smallest absolute Gasteiger partial charge is 0.273 e. The number of rotatable bonds is 4. The van der Waals surface area contributed by atoms with E-state index in [1.807, 2.05) is 0 Å². The van der Waals surface area contributed by atoms with Crippen LogP contribution < -0.4 is 10.9 Å². The van der Waals surface area contributed by atoms with Gasteiger partial charge in [0.2, 0.25) is 10.0 Å². The molecular weight excluding hydrogens is 358 g/mol. The normalized spacial score (nSPS) is 11.5. The lowest BCUT2D eigenvalue weighted by molar-refractivity contribution is 0.0845. The van der Waals surface area contributed by atoms with Gasteiger partial charge in [-0.2, -0.15) is 0 Å². The van der Waals surface area contributed by atoms with Gasteiger partial charge in [-0.3, -0.25) is 20.4 Å². The van der Waals surface area contributed by atoms with E-state index < -0.39 is 21.8 Å². The Bertz CT molecular complexity index is 961. The first-order chi connectivity index (χ1) is 12.1. The Hall–Kier alpha value is -2.65. The van der Waals surface area contributed by atoms with Crippen molar-refractivity contribution in [2.75, 3.05) is 14.1 Å². The summed E-state index contributed by atoms with van der Waals surface area (Å²) in [6, 6.07) is 5.55. The molecule has 0 aliphatic carbocycles. The van der Waals surface area contributed by atoms with Crippen molar-refractivity contribution in [1.29, 1.82) is 0 Å². The van der Waals surface area contributed by atoms with Gasteiger partial charge in [-0.25, -0.2) is 12.7 Å². The molecule has 0 fully saturated rings. The van der Waals surface area contributed by atoms with E-state index in [4.69, 9.17) is 4.42 Å². The van der Waals surface area contributed by atoms with Crippen LogP contribution in [-0.2, 0) is 10.0 Å². The molecule has 2 N–H and O–H groups in total.